The molecule has 0 aliphatic heterocycles. The number of anilines is 1. The largest absolute Gasteiger partial charge is 0.461 e. The molecule has 1 amide bonds. The fraction of sp³-hybridized carbons (Fsp3) is 0.214. The van der Waals surface area contributed by atoms with E-state index in [4.69, 9.17) is 16.3 Å². The topological polar surface area (TPSA) is 68.3 Å². The van der Waals surface area contributed by atoms with E-state index in [0.717, 1.165) is 16.9 Å². The number of hydrogen-bond donors (Lipinski definition) is 1. The lowest BCUT2D eigenvalue weighted by Gasteiger charge is -2.06. The second kappa shape index (κ2) is 6.69. The number of aromatic nitrogens is 1. The molecule has 0 saturated carbocycles. The Kier molecular flexibility index (Phi) is 4.93. The number of esters is 1. The molecular formula is C14H13ClN2O3S. The summed E-state index contributed by atoms with van der Waals surface area (Å²) in [5.41, 5.74) is 1.65. The van der Waals surface area contributed by atoms with Crippen LogP contribution in [0.3, 0.4) is 0 Å². The van der Waals surface area contributed by atoms with Crippen LogP contribution in [0.4, 0.5) is 5.69 Å². The Bertz CT molecular complexity index is 685. The summed E-state index contributed by atoms with van der Waals surface area (Å²) in [7, 11) is 0. The number of amides is 1. The fourth-order valence-corrected chi connectivity index (χ4v) is 2.54. The van der Waals surface area contributed by atoms with E-state index in [2.05, 4.69) is 10.3 Å². The molecule has 5 nitrogen and oxygen atoms in total. The predicted octanol–water partition coefficient (Wildman–Crippen LogP) is 3.53. The van der Waals surface area contributed by atoms with E-state index in [0.29, 0.717) is 10.7 Å². The Morgan fingerprint density at radius 2 is 2.19 bits per heavy atom. The Morgan fingerprint density at radius 1 is 1.43 bits per heavy atom. The van der Waals surface area contributed by atoms with Crippen molar-refractivity contribution >= 4 is 40.5 Å². The average molecular weight is 325 g/mol. The van der Waals surface area contributed by atoms with Crippen LogP contribution in [0.25, 0.3) is 0 Å². The van der Waals surface area contributed by atoms with Gasteiger partial charge in [-0.05, 0) is 31.5 Å². The number of carbonyl (C=O) groups is 2. The highest BCUT2D eigenvalue weighted by molar-refractivity contribution is 7.11. The molecule has 0 fully saturated rings. The van der Waals surface area contributed by atoms with Crippen molar-refractivity contribution < 1.29 is 14.3 Å². The molecule has 2 aromatic rings. The molecule has 0 atom stereocenters. The van der Waals surface area contributed by atoms with Gasteiger partial charge in [-0.3, -0.25) is 4.79 Å². The Labute approximate surface area is 130 Å². The molecule has 1 N–H and O–H groups in total. The van der Waals surface area contributed by atoms with Crippen molar-refractivity contribution in [2.45, 2.75) is 13.8 Å². The molecule has 1 aromatic carbocycles. The number of ether oxygens (including phenoxy) is 1. The Morgan fingerprint density at radius 3 is 2.86 bits per heavy atom. The maximum Gasteiger partial charge on any atom is 0.367 e. The first-order valence-corrected chi connectivity index (χ1v) is 7.47. The van der Waals surface area contributed by atoms with Gasteiger partial charge < -0.3 is 10.1 Å². The molecule has 110 valence electrons. The zero-order chi connectivity index (χ0) is 15.4. The molecule has 1 heterocycles. The lowest BCUT2D eigenvalue weighted by Crippen LogP contribution is -2.13. The number of nitrogens with zero attached hydrogens (tertiary/aromatic N) is 1. The Hall–Kier alpha value is -1.92. The number of benzene rings is 1. The van der Waals surface area contributed by atoms with E-state index in [1.54, 1.807) is 19.1 Å². The van der Waals surface area contributed by atoms with E-state index in [1.807, 2.05) is 13.0 Å². The molecule has 0 bridgehead atoms. The van der Waals surface area contributed by atoms with Crippen molar-refractivity contribution in [1.82, 2.24) is 4.98 Å². The number of nitrogens with one attached hydrogen (secondary N) is 1. The first-order valence-electron chi connectivity index (χ1n) is 6.21. The SMILES string of the molecule is CCOC(=O)c1nc(C(=O)Nc2ccc(C)cc2Cl)cs1. The summed E-state index contributed by atoms with van der Waals surface area (Å²) >= 11 is 7.11. The van der Waals surface area contributed by atoms with Gasteiger partial charge in [0.15, 0.2) is 0 Å². The van der Waals surface area contributed by atoms with Gasteiger partial charge in [0.2, 0.25) is 5.01 Å². The average Bonchev–Trinajstić information content (AvgIpc) is 2.92. The minimum absolute atomic E-state index is 0.150. The van der Waals surface area contributed by atoms with Gasteiger partial charge >= 0.3 is 5.97 Å². The van der Waals surface area contributed by atoms with Crippen molar-refractivity contribution in [2.24, 2.45) is 0 Å². The summed E-state index contributed by atoms with van der Waals surface area (Å²) < 4.78 is 4.83. The third kappa shape index (κ3) is 3.80. The third-order valence-corrected chi connectivity index (χ3v) is 3.69. The van der Waals surface area contributed by atoms with Gasteiger partial charge in [-0.1, -0.05) is 17.7 Å². The molecular weight excluding hydrogens is 312 g/mol. The van der Waals surface area contributed by atoms with E-state index < -0.39 is 11.9 Å². The minimum atomic E-state index is -0.532. The number of carbonyl (C=O) groups excluding carboxylic acids is 2. The van der Waals surface area contributed by atoms with Gasteiger partial charge in [0, 0.05) is 5.38 Å². The smallest absolute Gasteiger partial charge is 0.367 e. The summed E-state index contributed by atoms with van der Waals surface area (Å²) in [6.07, 6.45) is 0. The van der Waals surface area contributed by atoms with Crippen LogP contribution in [-0.4, -0.2) is 23.5 Å². The zero-order valence-corrected chi connectivity index (χ0v) is 13.0. The highest BCUT2D eigenvalue weighted by Crippen LogP contribution is 2.23. The van der Waals surface area contributed by atoms with Crippen LogP contribution in [0.2, 0.25) is 5.02 Å². The fourth-order valence-electron chi connectivity index (χ4n) is 1.57. The number of hydrogen-bond acceptors (Lipinski definition) is 5. The monoisotopic (exact) mass is 324 g/mol. The van der Waals surface area contributed by atoms with Gasteiger partial charge in [0.25, 0.3) is 5.91 Å². The van der Waals surface area contributed by atoms with Crippen molar-refractivity contribution in [3.63, 3.8) is 0 Å². The van der Waals surface area contributed by atoms with E-state index in [1.165, 1.54) is 5.38 Å². The third-order valence-electron chi connectivity index (χ3n) is 2.56. The van der Waals surface area contributed by atoms with Crippen molar-refractivity contribution in [2.75, 3.05) is 11.9 Å². The van der Waals surface area contributed by atoms with Gasteiger partial charge in [0.05, 0.1) is 17.3 Å². The minimum Gasteiger partial charge on any atom is -0.461 e. The number of halogens is 1. The molecule has 0 aliphatic rings. The van der Waals surface area contributed by atoms with Gasteiger partial charge in [-0.25, -0.2) is 9.78 Å². The van der Waals surface area contributed by atoms with Crippen LogP contribution in [0.5, 0.6) is 0 Å². The Balaban J connectivity index is 2.12. The van der Waals surface area contributed by atoms with Gasteiger partial charge in [-0.15, -0.1) is 11.3 Å². The lowest BCUT2D eigenvalue weighted by atomic mass is 10.2. The van der Waals surface area contributed by atoms with Crippen LogP contribution in [0.1, 0.15) is 32.8 Å². The molecule has 0 unspecified atom stereocenters. The number of aryl methyl sites for hydroxylation is 1. The zero-order valence-electron chi connectivity index (χ0n) is 11.5. The summed E-state index contributed by atoms with van der Waals surface area (Å²) in [6, 6.07) is 5.31. The molecule has 1 aromatic heterocycles. The quantitative estimate of drug-likeness (QED) is 0.873. The maximum atomic E-state index is 12.1. The van der Waals surface area contributed by atoms with Crippen LogP contribution < -0.4 is 5.32 Å². The predicted molar refractivity (Wildman–Crippen MR) is 82.2 cm³/mol. The van der Waals surface area contributed by atoms with Crippen LogP contribution in [0, 0.1) is 6.92 Å². The second-order valence-electron chi connectivity index (χ2n) is 4.20. The highest BCUT2D eigenvalue weighted by atomic mass is 35.5. The highest BCUT2D eigenvalue weighted by Gasteiger charge is 2.17. The van der Waals surface area contributed by atoms with Crippen molar-refractivity contribution in [3.05, 3.63) is 44.9 Å². The summed E-state index contributed by atoms with van der Waals surface area (Å²) in [5.74, 6) is -0.956. The molecule has 7 heteroatoms. The standard InChI is InChI=1S/C14H13ClN2O3S/c1-3-20-14(19)13-17-11(7-21-13)12(18)16-10-5-4-8(2)6-9(10)15/h4-7H,3H2,1-2H3,(H,16,18). The van der Waals surface area contributed by atoms with Crippen molar-refractivity contribution in [3.8, 4) is 0 Å². The molecule has 21 heavy (non-hydrogen) atoms. The molecule has 2 rings (SSSR count). The van der Waals surface area contributed by atoms with Crippen LogP contribution in [0.15, 0.2) is 23.6 Å². The van der Waals surface area contributed by atoms with Gasteiger partial charge in [-0.2, -0.15) is 0 Å². The van der Waals surface area contributed by atoms with Crippen LogP contribution in [-0.2, 0) is 4.74 Å². The summed E-state index contributed by atoms with van der Waals surface area (Å²) in [4.78, 5) is 27.5. The van der Waals surface area contributed by atoms with E-state index >= 15 is 0 Å². The number of thiazole rings is 1. The molecule has 0 saturated heterocycles. The number of rotatable bonds is 4. The van der Waals surface area contributed by atoms with Crippen LogP contribution >= 0.6 is 22.9 Å². The van der Waals surface area contributed by atoms with Gasteiger partial charge in [0.1, 0.15) is 5.69 Å². The molecule has 0 aliphatic carbocycles. The summed E-state index contributed by atoms with van der Waals surface area (Å²) in [6.45, 7) is 3.88. The summed E-state index contributed by atoms with van der Waals surface area (Å²) in [5, 5.41) is 4.76. The van der Waals surface area contributed by atoms with E-state index in [9.17, 15) is 9.59 Å². The lowest BCUT2D eigenvalue weighted by molar-refractivity contribution is 0.0526. The maximum absolute atomic E-state index is 12.1. The second-order valence-corrected chi connectivity index (χ2v) is 5.46. The molecule has 0 spiro atoms. The van der Waals surface area contributed by atoms with Crippen molar-refractivity contribution in [1.29, 1.82) is 0 Å². The van der Waals surface area contributed by atoms with E-state index in [-0.39, 0.29) is 17.3 Å². The first kappa shape index (κ1) is 15.5. The normalized spacial score (nSPS) is 10.2. The first-order chi connectivity index (χ1) is 10.0. The molecule has 0 radical (unpaired) electrons.